The van der Waals surface area contributed by atoms with E-state index < -0.39 is 6.61 Å². The first-order valence-electron chi connectivity index (χ1n) is 12.0. The third-order valence-electron chi connectivity index (χ3n) is 7.63. The summed E-state index contributed by atoms with van der Waals surface area (Å²) in [4.78, 5) is 25.3. The lowest BCUT2D eigenvalue weighted by atomic mass is 9.96. The molecule has 2 aromatic carbocycles. The molecule has 8 rings (SSSR count). The molecule has 2 bridgehead atoms. The highest BCUT2D eigenvalue weighted by molar-refractivity contribution is 7.63. The van der Waals surface area contributed by atoms with Crippen LogP contribution in [0.5, 0.6) is 5.75 Å². The number of nitrogens with zero attached hydrogens (tertiary/aromatic N) is 4. The lowest BCUT2D eigenvalue weighted by Gasteiger charge is -2.47. The molecule has 5 heterocycles. The van der Waals surface area contributed by atoms with Crippen molar-refractivity contribution < 1.29 is 18.3 Å². The van der Waals surface area contributed by atoms with Crippen molar-refractivity contribution in [2.45, 2.75) is 31.5 Å². The number of rotatable bonds is 5. The predicted molar refractivity (Wildman–Crippen MR) is 138 cm³/mol. The van der Waals surface area contributed by atoms with Gasteiger partial charge < -0.3 is 9.64 Å². The van der Waals surface area contributed by atoms with E-state index in [0.717, 1.165) is 46.6 Å². The van der Waals surface area contributed by atoms with Gasteiger partial charge in [-0.05, 0) is 56.0 Å². The van der Waals surface area contributed by atoms with Crippen molar-refractivity contribution in [1.82, 2.24) is 14.4 Å². The first kappa shape index (κ1) is 22.0. The number of alkyl halides is 2. The Morgan fingerprint density at radius 1 is 1.11 bits per heavy atom. The molecule has 36 heavy (non-hydrogen) atoms. The molecule has 2 unspecified atom stereocenters. The van der Waals surface area contributed by atoms with Gasteiger partial charge in [-0.15, -0.1) is 0 Å². The minimum atomic E-state index is -2.99. The molecule has 5 aliphatic rings. The molecule has 1 spiro atoms. The molecule has 3 aromatic rings. The number of aromatic nitrogens is 1. The number of para-hydroxylation sites is 1. The van der Waals surface area contributed by atoms with Gasteiger partial charge in [0.1, 0.15) is 17.8 Å². The summed E-state index contributed by atoms with van der Waals surface area (Å²) in [6, 6.07) is 15.1. The Hall–Kier alpha value is -3.22. The number of pyridine rings is 1. The Morgan fingerprint density at radius 3 is 2.61 bits per heavy atom. The SMILES string of the molecule is CP(C)c1ccc(-c2ccc3c(c2)[N+]24CC(C2=N3)N(C2CC2)C(=O)c2cccc(OC(F)F)c24)cn1. The third-order valence-corrected chi connectivity index (χ3v) is 8.82. The second-order valence-electron chi connectivity index (χ2n) is 9.96. The number of halogens is 2. The van der Waals surface area contributed by atoms with Gasteiger partial charge in [0.05, 0.1) is 5.44 Å². The van der Waals surface area contributed by atoms with Crippen molar-refractivity contribution in [3.05, 3.63) is 60.3 Å². The van der Waals surface area contributed by atoms with Crippen LogP contribution in [-0.4, -0.2) is 60.2 Å². The summed E-state index contributed by atoms with van der Waals surface area (Å²) in [5.41, 5.74) is 5.60. The topological polar surface area (TPSA) is 54.8 Å². The van der Waals surface area contributed by atoms with Crippen molar-refractivity contribution in [3.63, 3.8) is 0 Å². The van der Waals surface area contributed by atoms with Crippen LogP contribution < -0.4 is 14.7 Å². The highest BCUT2D eigenvalue weighted by atomic mass is 31.1. The van der Waals surface area contributed by atoms with E-state index in [1.807, 2.05) is 23.2 Å². The maximum Gasteiger partial charge on any atom is 0.387 e. The van der Waals surface area contributed by atoms with Crippen LogP contribution in [0.15, 0.2) is 59.7 Å². The second-order valence-corrected chi connectivity index (χ2v) is 12.2. The zero-order valence-corrected chi connectivity index (χ0v) is 20.8. The third kappa shape index (κ3) is 2.98. The van der Waals surface area contributed by atoms with Gasteiger partial charge in [0.2, 0.25) is 5.84 Å². The molecule has 0 radical (unpaired) electrons. The van der Waals surface area contributed by atoms with Crippen molar-refractivity contribution in [1.29, 1.82) is 0 Å². The number of carbonyl (C=O) groups excluding carboxylic acids is 1. The summed E-state index contributed by atoms with van der Waals surface area (Å²) in [7, 11) is -0.290. The van der Waals surface area contributed by atoms with E-state index in [-0.39, 0.29) is 36.1 Å². The van der Waals surface area contributed by atoms with E-state index >= 15 is 0 Å². The van der Waals surface area contributed by atoms with E-state index in [9.17, 15) is 13.6 Å². The van der Waals surface area contributed by atoms with Gasteiger partial charge in [0.15, 0.2) is 23.2 Å². The number of amides is 1. The molecule has 2 fully saturated rings. The fraction of sp³-hybridized carbons (Fsp3) is 0.296. The van der Waals surface area contributed by atoms with Crippen LogP contribution in [0.3, 0.4) is 0 Å². The number of carbonyl (C=O) groups is 1. The van der Waals surface area contributed by atoms with Gasteiger partial charge >= 0.3 is 6.61 Å². The van der Waals surface area contributed by atoms with Gasteiger partial charge in [0.25, 0.3) is 5.91 Å². The van der Waals surface area contributed by atoms with Gasteiger partial charge in [-0.1, -0.05) is 26.1 Å². The average molecular weight is 505 g/mol. The molecule has 0 N–H and O–H groups in total. The molecule has 1 amide bonds. The van der Waals surface area contributed by atoms with E-state index in [0.29, 0.717) is 17.8 Å². The Bertz CT molecular complexity index is 1450. The molecule has 1 saturated heterocycles. The first-order valence-corrected chi connectivity index (χ1v) is 14.3. The number of amidine groups is 1. The molecule has 4 aliphatic heterocycles. The number of benzene rings is 2. The zero-order chi connectivity index (χ0) is 24.8. The smallest absolute Gasteiger partial charge is 0.387 e. The molecule has 2 atom stereocenters. The Balaban J connectivity index is 1.42. The number of quaternary nitrogens is 1. The van der Waals surface area contributed by atoms with Crippen LogP contribution in [0, 0.1) is 0 Å². The fourth-order valence-corrected chi connectivity index (χ4v) is 6.54. The van der Waals surface area contributed by atoms with Crippen molar-refractivity contribution in [2.75, 3.05) is 19.9 Å². The van der Waals surface area contributed by atoms with Gasteiger partial charge in [-0.2, -0.15) is 13.8 Å². The van der Waals surface area contributed by atoms with E-state index in [2.05, 4.69) is 36.5 Å². The number of aliphatic imine (C=N–C) groups is 1. The maximum absolute atomic E-state index is 13.7. The van der Waals surface area contributed by atoms with E-state index in [4.69, 9.17) is 9.73 Å². The first-order chi connectivity index (χ1) is 17.4. The molecule has 6 nitrogen and oxygen atoms in total. The van der Waals surface area contributed by atoms with Crippen LogP contribution in [0.25, 0.3) is 11.1 Å². The van der Waals surface area contributed by atoms with Crippen LogP contribution in [0.2, 0.25) is 0 Å². The molecule has 1 aromatic heterocycles. The highest BCUT2D eigenvalue weighted by Crippen LogP contribution is 2.60. The monoisotopic (exact) mass is 505 g/mol. The average Bonchev–Trinajstić information content (AvgIpc) is 3.67. The van der Waals surface area contributed by atoms with Crippen LogP contribution >= 0.6 is 7.92 Å². The standard InChI is InChI=1S/C27H24F2N4O2P/c1-36(2)23-11-7-16(13-30-23)15-6-10-19-21(12-15)33-14-20(25(33)31-19)32(17-8-9-17)26(34)18-4-3-5-22(24(18)33)35-27(28)29/h3-7,10-13,17,20,27H,8-9,14H2,1-2H3/q+1. The Labute approximate surface area is 208 Å². The summed E-state index contributed by atoms with van der Waals surface area (Å²) in [5.74, 6) is 0.711. The number of ether oxygens (including phenoxy) is 1. The Morgan fingerprint density at radius 2 is 1.92 bits per heavy atom. The minimum absolute atomic E-state index is 0.0307. The largest absolute Gasteiger partial charge is 0.428 e. The number of hydrogen-bond donors (Lipinski definition) is 0. The van der Waals surface area contributed by atoms with Crippen molar-refractivity contribution in [3.8, 4) is 16.9 Å². The summed E-state index contributed by atoms with van der Waals surface area (Å²) >= 11 is 0. The lowest BCUT2D eigenvalue weighted by Crippen LogP contribution is -2.72. The van der Waals surface area contributed by atoms with Crippen molar-refractivity contribution in [2.24, 2.45) is 4.99 Å². The molecule has 182 valence electrons. The second kappa shape index (κ2) is 7.64. The van der Waals surface area contributed by atoms with E-state index in [1.54, 1.807) is 12.1 Å². The molecule has 1 aliphatic carbocycles. The molecular weight excluding hydrogens is 481 g/mol. The van der Waals surface area contributed by atoms with Crippen molar-refractivity contribution >= 4 is 42.2 Å². The zero-order valence-electron chi connectivity index (χ0n) is 19.9. The van der Waals surface area contributed by atoms with E-state index in [1.165, 1.54) is 6.07 Å². The lowest BCUT2D eigenvalue weighted by molar-refractivity contribution is -0.0501. The quantitative estimate of drug-likeness (QED) is 0.345. The summed E-state index contributed by atoms with van der Waals surface area (Å²) in [6.45, 7) is 1.90. The summed E-state index contributed by atoms with van der Waals surface area (Å²) < 4.78 is 32.2. The van der Waals surface area contributed by atoms with Crippen LogP contribution in [0.1, 0.15) is 23.2 Å². The summed E-state index contributed by atoms with van der Waals surface area (Å²) in [5, 5.41) is 0. The van der Waals surface area contributed by atoms with Gasteiger partial charge in [-0.3, -0.25) is 9.78 Å². The highest BCUT2D eigenvalue weighted by Gasteiger charge is 2.68. The maximum atomic E-state index is 13.7. The minimum Gasteiger partial charge on any atom is -0.428 e. The van der Waals surface area contributed by atoms with Gasteiger partial charge in [0, 0.05) is 23.9 Å². The Kier molecular flexibility index (Phi) is 4.67. The molecule has 9 heteroatoms. The molecule has 1 saturated carbocycles. The number of fused-ring (bicyclic) bond motifs is 2. The van der Waals surface area contributed by atoms with Gasteiger partial charge in [-0.25, -0.2) is 4.48 Å². The normalized spacial score (nSPS) is 23.6. The number of hydrogen-bond acceptors (Lipinski definition) is 4. The van der Waals surface area contributed by atoms with Crippen LogP contribution in [-0.2, 0) is 0 Å². The summed E-state index contributed by atoms with van der Waals surface area (Å²) in [6.07, 6.45) is 3.79. The van der Waals surface area contributed by atoms with Crippen LogP contribution in [0.4, 0.5) is 25.8 Å². The predicted octanol–water partition coefficient (Wildman–Crippen LogP) is 5.40. The fourth-order valence-electron chi connectivity index (χ4n) is 5.88. The molecular formula is C27H24F2N4O2P+.